The van der Waals surface area contributed by atoms with Crippen molar-refractivity contribution in [2.75, 3.05) is 34.3 Å². The van der Waals surface area contributed by atoms with Crippen molar-refractivity contribution in [3.05, 3.63) is 65.0 Å². The number of aliphatic hydroxyl groups is 1. The lowest BCUT2D eigenvalue weighted by atomic mass is 9.95. The molecule has 1 aliphatic heterocycles. The van der Waals surface area contributed by atoms with Crippen LogP contribution in [0.4, 0.5) is 0 Å². The van der Waals surface area contributed by atoms with Gasteiger partial charge in [-0.05, 0) is 62.5 Å². The van der Waals surface area contributed by atoms with Crippen LogP contribution in [0.3, 0.4) is 0 Å². The number of pyridine rings is 1. The first-order valence-corrected chi connectivity index (χ1v) is 9.33. The number of carbonyl (C=O) groups is 2. The number of hydrogen-bond acceptors (Lipinski definition) is 6. The Bertz CT molecular complexity index is 954. The SMILES string of the molecule is COc1ccc(C(O)=C2C(=O)C(=O)N(CCN(C)C)[C@@H]2c2ccncc2)cc1C. The van der Waals surface area contributed by atoms with Gasteiger partial charge in [-0.1, -0.05) is 0 Å². The number of likely N-dealkylation sites (N-methyl/N-ethyl adjacent to an activating group) is 1. The monoisotopic (exact) mass is 395 g/mol. The van der Waals surface area contributed by atoms with Crippen molar-refractivity contribution < 1.29 is 19.4 Å². The minimum absolute atomic E-state index is 0.0875. The van der Waals surface area contributed by atoms with Crippen LogP contribution in [0.25, 0.3) is 5.76 Å². The van der Waals surface area contributed by atoms with E-state index in [1.54, 1.807) is 49.8 Å². The number of Topliss-reactive ketones (excluding diaryl/α,β-unsaturated/α-hetero) is 1. The van der Waals surface area contributed by atoms with Crippen LogP contribution in [0.15, 0.2) is 48.3 Å². The number of methoxy groups -OCH3 is 1. The van der Waals surface area contributed by atoms with E-state index in [4.69, 9.17) is 4.74 Å². The Morgan fingerprint density at radius 3 is 2.48 bits per heavy atom. The summed E-state index contributed by atoms with van der Waals surface area (Å²) in [6, 6.07) is 7.99. The van der Waals surface area contributed by atoms with Crippen LogP contribution in [0.1, 0.15) is 22.7 Å². The molecule has 1 N–H and O–H groups in total. The maximum absolute atomic E-state index is 12.9. The van der Waals surface area contributed by atoms with Gasteiger partial charge in [-0.2, -0.15) is 0 Å². The van der Waals surface area contributed by atoms with Crippen LogP contribution >= 0.6 is 0 Å². The van der Waals surface area contributed by atoms with Crippen molar-refractivity contribution in [2.45, 2.75) is 13.0 Å². The third kappa shape index (κ3) is 4.00. The molecule has 7 heteroatoms. The van der Waals surface area contributed by atoms with Crippen molar-refractivity contribution in [1.29, 1.82) is 0 Å². The van der Waals surface area contributed by atoms with Gasteiger partial charge in [0.05, 0.1) is 18.7 Å². The third-order valence-electron chi connectivity index (χ3n) is 5.02. The number of hydrogen-bond donors (Lipinski definition) is 1. The summed E-state index contributed by atoms with van der Waals surface area (Å²) in [5.74, 6) is -0.807. The molecule has 29 heavy (non-hydrogen) atoms. The number of aryl methyl sites for hydroxylation is 1. The molecule has 1 atom stereocenters. The molecule has 0 radical (unpaired) electrons. The summed E-state index contributed by atoms with van der Waals surface area (Å²) < 4.78 is 5.27. The Kier molecular flexibility index (Phi) is 5.98. The Hall–Kier alpha value is -3.19. The molecule has 1 fully saturated rings. The highest BCUT2D eigenvalue weighted by atomic mass is 16.5. The summed E-state index contributed by atoms with van der Waals surface area (Å²) in [4.78, 5) is 33.2. The van der Waals surface area contributed by atoms with Crippen molar-refractivity contribution in [3.8, 4) is 5.75 Å². The number of aromatic nitrogens is 1. The summed E-state index contributed by atoms with van der Waals surface area (Å²) in [5.41, 5.74) is 2.10. The predicted molar refractivity (Wildman–Crippen MR) is 110 cm³/mol. The summed E-state index contributed by atoms with van der Waals surface area (Å²) in [6.07, 6.45) is 3.22. The van der Waals surface area contributed by atoms with E-state index in [1.165, 1.54) is 4.90 Å². The number of likely N-dealkylation sites (tertiary alicyclic amines) is 1. The highest BCUT2D eigenvalue weighted by molar-refractivity contribution is 6.46. The third-order valence-corrected chi connectivity index (χ3v) is 5.02. The highest BCUT2D eigenvalue weighted by Crippen LogP contribution is 2.39. The minimum Gasteiger partial charge on any atom is -0.507 e. The van der Waals surface area contributed by atoms with E-state index in [9.17, 15) is 14.7 Å². The van der Waals surface area contributed by atoms with Gasteiger partial charge in [-0.15, -0.1) is 0 Å². The first-order chi connectivity index (χ1) is 13.8. The average Bonchev–Trinajstić information content (AvgIpc) is 2.97. The smallest absolute Gasteiger partial charge is 0.295 e. The van der Waals surface area contributed by atoms with Gasteiger partial charge >= 0.3 is 0 Å². The average molecular weight is 395 g/mol. The molecule has 0 bridgehead atoms. The van der Waals surface area contributed by atoms with Gasteiger partial charge < -0.3 is 19.6 Å². The van der Waals surface area contributed by atoms with Crippen molar-refractivity contribution in [1.82, 2.24) is 14.8 Å². The molecule has 1 amide bonds. The topological polar surface area (TPSA) is 83.0 Å². The zero-order valence-electron chi connectivity index (χ0n) is 17.0. The van der Waals surface area contributed by atoms with E-state index in [0.717, 1.165) is 11.1 Å². The Balaban J connectivity index is 2.13. The van der Waals surface area contributed by atoms with Crippen molar-refractivity contribution in [2.24, 2.45) is 0 Å². The second-order valence-corrected chi connectivity index (χ2v) is 7.26. The molecule has 1 aliphatic rings. The van der Waals surface area contributed by atoms with Crippen LogP contribution in [0.2, 0.25) is 0 Å². The van der Waals surface area contributed by atoms with Gasteiger partial charge in [-0.25, -0.2) is 0 Å². The molecule has 1 saturated heterocycles. The summed E-state index contributed by atoms with van der Waals surface area (Å²) in [7, 11) is 5.37. The molecule has 152 valence electrons. The van der Waals surface area contributed by atoms with Gasteiger partial charge in [0, 0.05) is 31.0 Å². The molecule has 0 aliphatic carbocycles. The van der Waals surface area contributed by atoms with Crippen LogP contribution < -0.4 is 4.74 Å². The zero-order chi connectivity index (χ0) is 21.1. The van der Waals surface area contributed by atoms with Crippen LogP contribution in [-0.2, 0) is 9.59 Å². The largest absolute Gasteiger partial charge is 0.507 e. The highest BCUT2D eigenvalue weighted by Gasteiger charge is 2.45. The molecule has 3 rings (SSSR count). The number of ether oxygens (including phenoxy) is 1. The van der Waals surface area contributed by atoms with Gasteiger partial charge in [0.1, 0.15) is 11.5 Å². The van der Waals surface area contributed by atoms with Crippen molar-refractivity contribution in [3.63, 3.8) is 0 Å². The fraction of sp³-hybridized carbons (Fsp3) is 0.318. The first-order valence-electron chi connectivity index (χ1n) is 9.33. The summed E-state index contributed by atoms with van der Waals surface area (Å²) in [6.45, 7) is 2.81. The van der Waals surface area contributed by atoms with Gasteiger partial charge in [0.15, 0.2) is 0 Å². The molecule has 2 aromatic rings. The molecule has 0 unspecified atom stereocenters. The maximum Gasteiger partial charge on any atom is 0.295 e. The second-order valence-electron chi connectivity index (χ2n) is 7.26. The van der Waals surface area contributed by atoms with Crippen LogP contribution in [0.5, 0.6) is 5.75 Å². The second kappa shape index (κ2) is 8.45. The fourth-order valence-corrected chi connectivity index (χ4v) is 3.49. The lowest BCUT2D eigenvalue weighted by Crippen LogP contribution is -2.35. The molecule has 7 nitrogen and oxygen atoms in total. The number of benzene rings is 1. The molecule has 1 aromatic carbocycles. The molecular formula is C22H25N3O4. The molecule has 1 aromatic heterocycles. The molecule has 0 spiro atoms. The summed E-state index contributed by atoms with van der Waals surface area (Å²) >= 11 is 0. The Morgan fingerprint density at radius 1 is 1.21 bits per heavy atom. The standard InChI is InChI=1S/C22H25N3O4/c1-14-13-16(5-6-17(14)29-4)20(26)18-19(15-7-9-23-10-8-15)25(12-11-24(2)3)22(28)21(18)27/h5-10,13,19,26H,11-12H2,1-4H3/t19-/m1/s1. The van der Waals surface area contributed by atoms with Gasteiger partial charge in [0.2, 0.25) is 0 Å². The minimum atomic E-state index is -0.684. The van der Waals surface area contributed by atoms with E-state index in [-0.39, 0.29) is 11.3 Å². The van der Waals surface area contributed by atoms with Crippen LogP contribution in [0, 0.1) is 6.92 Å². The molecule has 2 heterocycles. The molecule has 0 saturated carbocycles. The normalized spacial score (nSPS) is 18.5. The number of aliphatic hydroxyl groups excluding tert-OH is 1. The number of ketones is 1. The van der Waals surface area contributed by atoms with E-state index >= 15 is 0 Å². The van der Waals surface area contributed by atoms with Gasteiger partial charge in [-0.3, -0.25) is 14.6 Å². The number of carbonyl (C=O) groups excluding carboxylic acids is 2. The quantitative estimate of drug-likeness (QED) is 0.459. The van der Waals surface area contributed by atoms with Gasteiger partial charge in [0.25, 0.3) is 11.7 Å². The number of nitrogens with zero attached hydrogens (tertiary/aromatic N) is 3. The Labute approximate surface area is 170 Å². The lowest BCUT2D eigenvalue weighted by molar-refractivity contribution is -0.140. The molecular weight excluding hydrogens is 370 g/mol. The van der Waals surface area contributed by atoms with E-state index < -0.39 is 17.7 Å². The maximum atomic E-state index is 12.9. The summed E-state index contributed by atoms with van der Waals surface area (Å²) in [5, 5.41) is 11.0. The predicted octanol–water partition coefficient (Wildman–Crippen LogP) is 2.38. The lowest BCUT2D eigenvalue weighted by Gasteiger charge is -2.26. The van der Waals surface area contributed by atoms with E-state index in [1.807, 2.05) is 25.9 Å². The number of rotatable bonds is 6. The fourth-order valence-electron chi connectivity index (χ4n) is 3.49. The van der Waals surface area contributed by atoms with Crippen LogP contribution in [-0.4, -0.2) is 65.9 Å². The van der Waals surface area contributed by atoms with Crippen molar-refractivity contribution >= 4 is 17.4 Å². The van der Waals surface area contributed by atoms with E-state index in [2.05, 4.69) is 4.98 Å². The Morgan fingerprint density at radius 2 is 1.90 bits per heavy atom. The first kappa shape index (κ1) is 20.5. The van der Waals surface area contributed by atoms with E-state index in [0.29, 0.717) is 24.4 Å². The number of amides is 1. The zero-order valence-corrected chi connectivity index (χ0v) is 17.0.